The van der Waals surface area contributed by atoms with E-state index in [1.165, 1.54) is 270 Å². The average Bonchev–Trinajstić information content (AvgIpc) is 3.19. The van der Waals surface area contributed by atoms with Gasteiger partial charge in [-0.25, -0.2) is 0 Å². The SMILES string of the molecule is CCCCCCCCCCCCCCCCCC(=O)OCCCCCCCCCCCCCCCC.CCCCCCCCCCCCCCCCCCO. The van der Waals surface area contributed by atoms with Crippen LogP contribution in [0.2, 0.25) is 0 Å². The van der Waals surface area contributed by atoms with Crippen LogP contribution < -0.4 is 0 Å². The minimum atomic E-state index is 0.0272. The Kier molecular flexibility index (Phi) is 57.1. The molecule has 3 nitrogen and oxygen atoms in total. The first-order valence-electron chi connectivity index (χ1n) is 26.0. The van der Waals surface area contributed by atoms with Gasteiger partial charge in [0.15, 0.2) is 0 Å². The van der Waals surface area contributed by atoms with Crippen LogP contribution in [0.3, 0.4) is 0 Å². The van der Waals surface area contributed by atoms with Gasteiger partial charge >= 0.3 is 5.97 Å². The Balaban J connectivity index is 0. The lowest BCUT2D eigenvalue weighted by Gasteiger charge is -2.06. The summed E-state index contributed by atoms with van der Waals surface area (Å²) in [6, 6.07) is 0. The van der Waals surface area contributed by atoms with Crippen molar-refractivity contribution in [3.63, 3.8) is 0 Å². The van der Waals surface area contributed by atoms with E-state index in [4.69, 9.17) is 9.84 Å². The summed E-state index contributed by atoms with van der Waals surface area (Å²) in [5, 5.41) is 8.67. The molecule has 0 aromatic carbocycles. The van der Waals surface area contributed by atoms with E-state index >= 15 is 0 Å². The Morgan fingerprint density at radius 1 is 0.291 bits per heavy atom. The van der Waals surface area contributed by atoms with Gasteiger partial charge in [0.1, 0.15) is 0 Å². The van der Waals surface area contributed by atoms with Crippen molar-refractivity contribution < 1.29 is 14.6 Å². The molecule has 0 spiro atoms. The van der Waals surface area contributed by atoms with Crippen LogP contribution in [-0.2, 0) is 9.53 Å². The number of aliphatic hydroxyl groups excluding tert-OH is 1. The molecule has 332 valence electrons. The first-order valence-corrected chi connectivity index (χ1v) is 26.0. The fourth-order valence-electron chi connectivity index (χ4n) is 7.86. The molecule has 0 fully saturated rings. The number of ether oxygens (including phenoxy) is 1. The number of hydrogen-bond acceptors (Lipinski definition) is 3. The van der Waals surface area contributed by atoms with Gasteiger partial charge in [-0.2, -0.15) is 0 Å². The van der Waals surface area contributed by atoms with Crippen molar-refractivity contribution in [1.82, 2.24) is 0 Å². The van der Waals surface area contributed by atoms with Crippen LogP contribution in [0.25, 0.3) is 0 Å². The van der Waals surface area contributed by atoms with Gasteiger partial charge in [-0.3, -0.25) is 4.79 Å². The summed E-state index contributed by atoms with van der Waals surface area (Å²) in [4.78, 5) is 11.9. The van der Waals surface area contributed by atoms with Crippen molar-refractivity contribution in [3.05, 3.63) is 0 Å². The lowest BCUT2D eigenvalue weighted by Crippen LogP contribution is -2.05. The van der Waals surface area contributed by atoms with E-state index in [1.54, 1.807) is 0 Å². The van der Waals surface area contributed by atoms with Gasteiger partial charge in [-0.1, -0.05) is 290 Å². The van der Waals surface area contributed by atoms with Gasteiger partial charge in [0.2, 0.25) is 0 Å². The van der Waals surface area contributed by atoms with Crippen molar-refractivity contribution in [2.45, 2.75) is 316 Å². The van der Waals surface area contributed by atoms with Crippen molar-refractivity contribution in [3.8, 4) is 0 Å². The number of esters is 1. The predicted octanol–water partition coefficient (Wildman–Crippen LogP) is 18.5. The number of carbonyl (C=O) groups excluding carboxylic acids is 1. The minimum absolute atomic E-state index is 0.0272. The third-order valence-electron chi connectivity index (χ3n) is 11.8. The van der Waals surface area contributed by atoms with Gasteiger partial charge < -0.3 is 9.84 Å². The molecular formula is C52H106O3. The largest absolute Gasteiger partial charge is 0.466 e. The molecule has 0 aromatic rings. The fourth-order valence-corrected chi connectivity index (χ4v) is 7.86. The highest BCUT2D eigenvalue weighted by Gasteiger charge is 2.03. The van der Waals surface area contributed by atoms with Gasteiger partial charge in [0.25, 0.3) is 0 Å². The highest BCUT2D eigenvalue weighted by atomic mass is 16.5. The molecule has 0 saturated carbocycles. The highest BCUT2D eigenvalue weighted by molar-refractivity contribution is 5.69. The molecule has 0 bridgehead atoms. The molecule has 0 rings (SSSR count). The molecule has 1 N–H and O–H groups in total. The molecule has 0 atom stereocenters. The van der Waals surface area contributed by atoms with Crippen molar-refractivity contribution in [2.24, 2.45) is 0 Å². The summed E-state index contributed by atoms with van der Waals surface area (Å²) in [5.74, 6) is 0.0272. The van der Waals surface area contributed by atoms with Gasteiger partial charge in [0, 0.05) is 13.0 Å². The van der Waals surface area contributed by atoms with E-state index in [0.717, 1.165) is 19.3 Å². The van der Waals surface area contributed by atoms with Crippen LogP contribution in [0.5, 0.6) is 0 Å². The predicted molar refractivity (Wildman–Crippen MR) is 247 cm³/mol. The Morgan fingerprint density at radius 2 is 0.491 bits per heavy atom. The number of unbranched alkanes of at least 4 members (excludes halogenated alkanes) is 42. The van der Waals surface area contributed by atoms with E-state index in [2.05, 4.69) is 20.8 Å². The Morgan fingerprint density at radius 3 is 0.727 bits per heavy atom. The Bertz CT molecular complexity index is 597. The zero-order chi connectivity index (χ0) is 40.2. The van der Waals surface area contributed by atoms with Crippen LogP contribution in [0, 0.1) is 0 Å². The molecule has 3 heteroatoms. The molecule has 0 radical (unpaired) electrons. The van der Waals surface area contributed by atoms with Crippen molar-refractivity contribution in [1.29, 1.82) is 0 Å². The second-order valence-electron chi connectivity index (χ2n) is 17.5. The normalized spacial score (nSPS) is 11.2. The van der Waals surface area contributed by atoms with Crippen LogP contribution in [0.4, 0.5) is 0 Å². The number of aliphatic hydroxyl groups is 1. The molecular weight excluding hydrogens is 673 g/mol. The quantitative estimate of drug-likeness (QED) is 0.0494. The van der Waals surface area contributed by atoms with E-state index in [0.29, 0.717) is 19.6 Å². The lowest BCUT2D eigenvalue weighted by atomic mass is 10.0. The van der Waals surface area contributed by atoms with Crippen LogP contribution in [-0.4, -0.2) is 24.3 Å². The van der Waals surface area contributed by atoms with Crippen LogP contribution in [0.15, 0.2) is 0 Å². The zero-order valence-electron chi connectivity index (χ0n) is 38.7. The van der Waals surface area contributed by atoms with Gasteiger partial charge in [-0.05, 0) is 19.3 Å². The summed E-state index contributed by atoms with van der Waals surface area (Å²) < 4.78 is 5.43. The number of hydrogen-bond donors (Lipinski definition) is 1. The summed E-state index contributed by atoms with van der Waals surface area (Å²) >= 11 is 0. The molecule has 0 aliphatic heterocycles. The first-order chi connectivity index (χ1) is 27.2. The van der Waals surface area contributed by atoms with Gasteiger partial charge in [0.05, 0.1) is 6.61 Å². The monoisotopic (exact) mass is 779 g/mol. The minimum Gasteiger partial charge on any atom is -0.466 e. The topological polar surface area (TPSA) is 46.5 Å². The lowest BCUT2D eigenvalue weighted by molar-refractivity contribution is -0.143. The molecule has 0 aliphatic carbocycles. The second-order valence-corrected chi connectivity index (χ2v) is 17.5. The van der Waals surface area contributed by atoms with E-state index in [1.807, 2.05) is 0 Å². The average molecular weight is 779 g/mol. The summed E-state index contributed by atoms with van der Waals surface area (Å²) in [7, 11) is 0. The molecule has 0 amide bonds. The molecule has 0 aliphatic rings. The maximum absolute atomic E-state index is 11.9. The molecule has 55 heavy (non-hydrogen) atoms. The van der Waals surface area contributed by atoms with Crippen molar-refractivity contribution >= 4 is 5.97 Å². The summed E-state index contributed by atoms with van der Waals surface area (Å²) in [6.45, 7) is 7.87. The standard InChI is InChI=1S/C34H68O2.C18H38O/c1-3-5-7-9-11-13-15-17-19-20-22-24-26-28-30-32-34(35)36-33-31-29-27-25-23-21-18-16-14-12-10-8-6-4-2;1-2-3-4-5-6-7-8-9-10-11-12-13-14-15-16-17-18-19/h3-33H2,1-2H3;19H,2-18H2,1H3. The van der Waals surface area contributed by atoms with Gasteiger partial charge in [-0.15, -0.1) is 0 Å². The third-order valence-corrected chi connectivity index (χ3v) is 11.8. The first kappa shape index (κ1) is 56.5. The van der Waals surface area contributed by atoms with Crippen molar-refractivity contribution in [2.75, 3.05) is 13.2 Å². The zero-order valence-corrected chi connectivity index (χ0v) is 38.7. The van der Waals surface area contributed by atoms with E-state index in [-0.39, 0.29) is 5.97 Å². The van der Waals surface area contributed by atoms with Crippen LogP contribution >= 0.6 is 0 Å². The second kappa shape index (κ2) is 55.5. The molecule has 0 aromatic heterocycles. The maximum Gasteiger partial charge on any atom is 0.305 e. The third kappa shape index (κ3) is 57.8. The summed E-state index contributed by atoms with van der Waals surface area (Å²) in [6.07, 6.45) is 62.3. The molecule has 0 saturated heterocycles. The smallest absolute Gasteiger partial charge is 0.305 e. The Labute approximate surface area is 348 Å². The van der Waals surface area contributed by atoms with Crippen LogP contribution in [0.1, 0.15) is 316 Å². The molecule has 0 heterocycles. The molecule has 0 unspecified atom stereocenters. The van der Waals surface area contributed by atoms with E-state index in [9.17, 15) is 4.79 Å². The van der Waals surface area contributed by atoms with E-state index < -0.39 is 0 Å². The summed E-state index contributed by atoms with van der Waals surface area (Å²) in [5.41, 5.74) is 0. The Hall–Kier alpha value is -0.570. The maximum atomic E-state index is 11.9. The fraction of sp³-hybridized carbons (Fsp3) is 0.981. The highest BCUT2D eigenvalue weighted by Crippen LogP contribution is 2.16. The number of rotatable bonds is 47. The number of carbonyl (C=O) groups is 1.